The van der Waals surface area contributed by atoms with Gasteiger partial charge in [0.2, 0.25) is 5.88 Å². The standard InChI is InChI=1S/C27H28N4O4/c1-15(2)18-7-9-19(10-8-18)25(32)23-24(20-11-13-22(28-14-20)35-16(3)4)31(27(34)26(23)33)21-12-6-17(5)29-30-21/h6-16,24,32H,1-5H3. The van der Waals surface area contributed by atoms with Crippen molar-refractivity contribution in [3.05, 3.63) is 82.7 Å². The Morgan fingerprint density at radius 2 is 1.69 bits per heavy atom. The maximum atomic E-state index is 13.2. The molecule has 2 aromatic heterocycles. The number of carbonyl (C=O) groups is 2. The van der Waals surface area contributed by atoms with Gasteiger partial charge in [-0.2, -0.15) is 5.10 Å². The lowest BCUT2D eigenvalue weighted by molar-refractivity contribution is -0.132. The van der Waals surface area contributed by atoms with Gasteiger partial charge in [0, 0.05) is 17.8 Å². The van der Waals surface area contributed by atoms with E-state index in [1.54, 1.807) is 43.3 Å². The lowest BCUT2D eigenvalue weighted by Crippen LogP contribution is -2.30. The van der Waals surface area contributed by atoms with Crippen molar-refractivity contribution >= 4 is 23.3 Å². The molecule has 1 fully saturated rings. The molecule has 0 spiro atoms. The normalized spacial score (nSPS) is 17.5. The first-order valence-corrected chi connectivity index (χ1v) is 11.5. The molecule has 1 amide bonds. The van der Waals surface area contributed by atoms with E-state index in [9.17, 15) is 14.7 Å². The van der Waals surface area contributed by atoms with Crippen LogP contribution >= 0.6 is 0 Å². The molecule has 1 saturated heterocycles. The van der Waals surface area contributed by atoms with Crippen LogP contribution in [0.1, 0.15) is 62.0 Å². The number of carbonyl (C=O) groups excluding carboxylic acids is 2. The fourth-order valence-corrected chi connectivity index (χ4v) is 3.95. The van der Waals surface area contributed by atoms with Gasteiger partial charge in [-0.05, 0) is 56.0 Å². The van der Waals surface area contributed by atoms with Gasteiger partial charge < -0.3 is 9.84 Å². The third-order valence-corrected chi connectivity index (χ3v) is 5.76. The van der Waals surface area contributed by atoms with E-state index in [0.29, 0.717) is 28.6 Å². The van der Waals surface area contributed by atoms with Crippen molar-refractivity contribution in [1.82, 2.24) is 15.2 Å². The highest BCUT2D eigenvalue weighted by Crippen LogP contribution is 2.41. The van der Waals surface area contributed by atoms with Crippen LogP contribution in [0.15, 0.2) is 60.3 Å². The summed E-state index contributed by atoms with van der Waals surface area (Å²) >= 11 is 0. The number of Topliss-reactive ketones (excluding diaryl/α,β-unsaturated/α-hetero) is 1. The number of pyridine rings is 1. The summed E-state index contributed by atoms with van der Waals surface area (Å²) in [5, 5.41) is 19.4. The molecule has 4 rings (SSSR count). The van der Waals surface area contributed by atoms with E-state index in [-0.39, 0.29) is 23.3 Å². The van der Waals surface area contributed by atoms with Crippen LogP contribution in [0.5, 0.6) is 5.88 Å². The molecule has 0 radical (unpaired) electrons. The number of anilines is 1. The first kappa shape index (κ1) is 24.1. The van der Waals surface area contributed by atoms with Crippen LogP contribution in [-0.4, -0.2) is 38.1 Å². The zero-order valence-electron chi connectivity index (χ0n) is 20.4. The molecule has 1 aliphatic rings. The summed E-state index contributed by atoms with van der Waals surface area (Å²) in [6.45, 7) is 9.71. The summed E-state index contributed by atoms with van der Waals surface area (Å²) in [6.07, 6.45) is 1.48. The highest BCUT2D eigenvalue weighted by Gasteiger charge is 2.47. The topological polar surface area (TPSA) is 106 Å². The Morgan fingerprint density at radius 1 is 0.971 bits per heavy atom. The lowest BCUT2D eigenvalue weighted by Gasteiger charge is -2.24. The molecule has 0 aliphatic carbocycles. The monoisotopic (exact) mass is 472 g/mol. The molecule has 3 aromatic rings. The summed E-state index contributed by atoms with van der Waals surface area (Å²) in [5.74, 6) is -0.913. The first-order chi connectivity index (χ1) is 16.7. The zero-order chi connectivity index (χ0) is 25.3. The number of aliphatic hydroxyl groups excluding tert-OH is 1. The highest BCUT2D eigenvalue weighted by molar-refractivity contribution is 6.51. The van der Waals surface area contributed by atoms with Crippen molar-refractivity contribution in [2.75, 3.05) is 4.90 Å². The van der Waals surface area contributed by atoms with Crippen molar-refractivity contribution in [2.24, 2.45) is 0 Å². The van der Waals surface area contributed by atoms with Crippen LogP contribution in [-0.2, 0) is 9.59 Å². The van der Waals surface area contributed by atoms with E-state index in [1.165, 1.54) is 11.1 Å². The van der Waals surface area contributed by atoms with Gasteiger partial charge >= 0.3 is 5.91 Å². The van der Waals surface area contributed by atoms with Gasteiger partial charge in [-0.15, -0.1) is 5.10 Å². The highest BCUT2D eigenvalue weighted by atomic mass is 16.5. The number of aromatic nitrogens is 3. The fourth-order valence-electron chi connectivity index (χ4n) is 3.95. The second kappa shape index (κ2) is 9.66. The minimum atomic E-state index is -0.933. The van der Waals surface area contributed by atoms with Crippen LogP contribution in [0, 0.1) is 6.92 Å². The maximum Gasteiger partial charge on any atom is 0.301 e. The Kier molecular flexibility index (Phi) is 6.64. The van der Waals surface area contributed by atoms with Crippen molar-refractivity contribution in [1.29, 1.82) is 0 Å². The minimum Gasteiger partial charge on any atom is -0.507 e. The van der Waals surface area contributed by atoms with E-state index in [1.807, 2.05) is 26.0 Å². The second-order valence-corrected chi connectivity index (χ2v) is 9.08. The van der Waals surface area contributed by atoms with E-state index < -0.39 is 17.7 Å². The Balaban J connectivity index is 1.86. The van der Waals surface area contributed by atoms with E-state index >= 15 is 0 Å². The Morgan fingerprint density at radius 3 is 2.23 bits per heavy atom. The minimum absolute atomic E-state index is 0.0333. The molecule has 8 nitrogen and oxygen atoms in total. The van der Waals surface area contributed by atoms with E-state index in [0.717, 1.165) is 5.56 Å². The van der Waals surface area contributed by atoms with Crippen molar-refractivity contribution in [3.63, 3.8) is 0 Å². The molecule has 180 valence electrons. The number of ether oxygens (including phenoxy) is 1. The zero-order valence-corrected chi connectivity index (χ0v) is 20.4. The molecular formula is C27H28N4O4. The van der Waals surface area contributed by atoms with Gasteiger partial charge in [0.05, 0.1) is 23.4 Å². The summed E-state index contributed by atoms with van der Waals surface area (Å²) in [6, 6.07) is 13.1. The number of aryl methyl sites for hydroxylation is 1. The second-order valence-electron chi connectivity index (χ2n) is 9.08. The van der Waals surface area contributed by atoms with Gasteiger partial charge in [0.15, 0.2) is 5.82 Å². The summed E-state index contributed by atoms with van der Waals surface area (Å²) in [4.78, 5) is 32.0. The molecular weight excluding hydrogens is 444 g/mol. The fraction of sp³-hybridized carbons (Fsp3) is 0.296. The summed E-state index contributed by atoms with van der Waals surface area (Å²) in [7, 11) is 0. The average molecular weight is 473 g/mol. The van der Waals surface area contributed by atoms with Gasteiger partial charge in [0.25, 0.3) is 5.78 Å². The molecule has 1 N–H and O–H groups in total. The lowest BCUT2D eigenvalue weighted by atomic mass is 9.95. The van der Waals surface area contributed by atoms with Gasteiger partial charge in [-0.1, -0.05) is 38.1 Å². The molecule has 0 bridgehead atoms. The predicted molar refractivity (Wildman–Crippen MR) is 132 cm³/mol. The average Bonchev–Trinajstić information content (AvgIpc) is 3.10. The number of amides is 1. The number of aliphatic hydroxyl groups is 1. The molecule has 1 aliphatic heterocycles. The number of ketones is 1. The Hall–Kier alpha value is -4.07. The third kappa shape index (κ3) is 4.77. The van der Waals surface area contributed by atoms with Crippen LogP contribution in [0.3, 0.4) is 0 Å². The van der Waals surface area contributed by atoms with E-state index in [2.05, 4.69) is 29.0 Å². The number of rotatable bonds is 6. The quantitative estimate of drug-likeness (QED) is 0.314. The number of benzene rings is 1. The molecule has 1 unspecified atom stereocenters. The molecule has 8 heteroatoms. The predicted octanol–water partition coefficient (Wildman–Crippen LogP) is 4.72. The summed E-state index contributed by atoms with van der Waals surface area (Å²) in [5.41, 5.74) is 2.71. The van der Waals surface area contributed by atoms with Crippen LogP contribution in [0.25, 0.3) is 5.76 Å². The Labute approximate surface area is 204 Å². The molecule has 1 aromatic carbocycles. The van der Waals surface area contributed by atoms with Gasteiger partial charge in [-0.25, -0.2) is 4.98 Å². The number of nitrogens with zero attached hydrogens (tertiary/aromatic N) is 4. The summed E-state index contributed by atoms with van der Waals surface area (Å²) < 4.78 is 5.63. The molecule has 0 saturated carbocycles. The van der Waals surface area contributed by atoms with Gasteiger partial charge in [-0.3, -0.25) is 14.5 Å². The maximum absolute atomic E-state index is 13.2. The molecule has 35 heavy (non-hydrogen) atoms. The van der Waals surface area contributed by atoms with Crippen LogP contribution in [0.4, 0.5) is 5.82 Å². The van der Waals surface area contributed by atoms with Crippen molar-refractivity contribution in [2.45, 2.75) is 52.7 Å². The third-order valence-electron chi connectivity index (χ3n) is 5.76. The van der Waals surface area contributed by atoms with Crippen LogP contribution < -0.4 is 9.64 Å². The van der Waals surface area contributed by atoms with Crippen molar-refractivity contribution in [3.8, 4) is 5.88 Å². The number of hydrogen-bond acceptors (Lipinski definition) is 7. The molecule has 1 atom stereocenters. The molecule has 3 heterocycles. The van der Waals surface area contributed by atoms with Crippen molar-refractivity contribution < 1.29 is 19.4 Å². The van der Waals surface area contributed by atoms with Gasteiger partial charge in [0.1, 0.15) is 5.76 Å². The SMILES string of the molecule is Cc1ccc(N2C(=O)C(=O)C(=C(O)c3ccc(C(C)C)cc3)C2c2ccc(OC(C)C)nc2)nn1. The smallest absolute Gasteiger partial charge is 0.301 e. The largest absolute Gasteiger partial charge is 0.507 e. The van der Waals surface area contributed by atoms with Crippen LogP contribution in [0.2, 0.25) is 0 Å². The first-order valence-electron chi connectivity index (χ1n) is 11.5. The van der Waals surface area contributed by atoms with E-state index in [4.69, 9.17) is 4.74 Å². The Bertz CT molecular complexity index is 1260. The number of hydrogen-bond donors (Lipinski definition) is 1.